The van der Waals surface area contributed by atoms with E-state index in [1.807, 2.05) is 0 Å². The van der Waals surface area contributed by atoms with Gasteiger partial charge in [0.2, 0.25) is 0 Å². The lowest BCUT2D eigenvalue weighted by molar-refractivity contribution is -0.141. The van der Waals surface area contributed by atoms with Crippen molar-refractivity contribution < 1.29 is 27.1 Å². The first kappa shape index (κ1) is 13.8. The fourth-order valence-electron chi connectivity index (χ4n) is 1.34. The zero-order valence-electron chi connectivity index (χ0n) is 8.43. The van der Waals surface area contributed by atoms with E-state index in [2.05, 4.69) is 4.98 Å². The number of nitrogens with zero attached hydrogens (tertiary/aromatic N) is 1. The highest BCUT2D eigenvalue weighted by Gasteiger charge is 2.35. The number of alkyl halides is 5. The molecule has 1 aromatic rings. The fourth-order valence-corrected chi connectivity index (χ4v) is 1.34. The molecule has 0 radical (unpaired) electrons. The molecule has 1 rings (SSSR count). The molecule has 0 aliphatic rings. The van der Waals surface area contributed by atoms with Gasteiger partial charge in [0.25, 0.3) is 6.43 Å². The molecule has 0 fully saturated rings. The maximum atomic E-state index is 12.6. The average molecular weight is 256 g/mol. The smallest absolute Gasteiger partial charge is 0.392 e. The number of hydrogen-bond donors (Lipinski definition) is 2. The van der Waals surface area contributed by atoms with Crippen molar-refractivity contribution in [3.05, 3.63) is 28.6 Å². The van der Waals surface area contributed by atoms with Crippen LogP contribution in [0.4, 0.5) is 22.0 Å². The van der Waals surface area contributed by atoms with Gasteiger partial charge in [0.05, 0.1) is 12.3 Å². The van der Waals surface area contributed by atoms with Gasteiger partial charge in [0, 0.05) is 17.7 Å². The molecule has 0 unspecified atom stereocenters. The van der Waals surface area contributed by atoms with Gasteiger partial charge in [-0.1, -0.05) is 0 Å². The first-order valence-corrected chi connectivity index (χ1v) is 4.50. The van der Waals surface area contributed by atoms with Crippen LogP contribution < -0.4 is 5.73 Å². The fraction of sp³-hybridized carbons (Fsp3) is 0.444. The molecule has 0 amide bonds. The molecule has 0 atom stereocenters. The quantitative estimate of drug-likeness (QED) is 0.813. The molecule has 17 heavy (non-hydrogen) atoms. The van der Waals surface area contributed by atoms with E-state index in [1.165, 1.54) is 0 Å². The summed E-state index contributed by atoms with van der Waals surface area (Å²) in [4.78, 5) is 3.13. The van der Waals surface area contributed by atoms with E-state index in [0.29, 0.717) is 0 Å². The van der Waals surface area contributed by atoms with Crippen molar-refractivity contribution in [2.75, 3.05) is 0 Å². The number of pyridine rings is 1. The van der Waals surface area contributed by atoms with Crippen molar-refractivity contribution in [2.24, 2.45) is 5.73 Å². The monoisotopic (exact) mass is 256 g/mol. The molecule has 0 aliphatic heterocycles. The Morgan fingerprint density at radius 3 is 2.29 bits per heavy atom. The Labute approximate surface area is 93.1 Å². The van der Waals surface area contributed by atoms with Gasteiger partial charge >= 0.3 is 6.18 Å². The standard InChI is InChI=1S/C9H9F5N2O/c10-8(11)4-1-7(9(12,13)14)16-6(2-15)5(4)3-17/h1,8,17H,2-3,15H2. The number of rotatable bonds is 3. The van der Waals surface area contributed by atoms with Crippen LogP contribution in [0.5, 0.6) is 0 Å². The lowest BCUT2D eigenvalue weighted by Gasteiger charge is -2.14. The second kappa shape index (κ2) is 4.92. The Kier molecular flexibility index (Phi) is 3.99. The van der Waals surface area contributed by atoms with Crippen molar-refractivity contribution >= 4 is 0 Å². The first-order valence-electron chi connectivity index (χ1n) is 4.50. The van der Waals surface area contributed by atoms with Crippen LogP contribution in [-0.2, 0) is 19.3 Å². The molecule has 3 nitrogen and oxygen atoms in total. The third-order valence-electron chi connectivity index (χ3n) is 2.12. The number of aromatic nitrogens is 1. The van der Waals surface area contributed by atoms with Gasteiger partial charge in [0.1, 0.15) is 5.69 Å². The van der Waals surface area contributed by atoms with Gasteiger partial charge < -0.3 is 10.8 Å². The largest absolute Gasteiger partial charge is 0.433 e. The van der Waals surface area contributed by atoms with E-state index in [0.717, 1.165) is 0 Å². The van der Waals surface area contributed by atoms with E-state index in [1.54, 1.807) is 0 Å². The van der Waals surface area contributed by atoms with Gasteiger partial charge in [-0.15, -0.1) is 0 Å². The highest BCUT2D eigenvalue weighted by Crippen LogP contribution is 2.33. The molecule has 96 valence electrons. The molecular formula is C9H9F5N2O. The van der Waals surface area contributed by atoms with Crippen LogP contribution in [0.15, 0.2) is 6.07 Å². The third kappa shape index (κ3) is 2.89. The summed E-state index contributed by atoms with van der Waals surface area (Å²) < 4.78 is 62.2. The van der Waals surface area contributed by atoms with Crippen LogP contribution in [-0.4, -0.2) is 10.1 Å². The number of nitrogens with two attached hydrogens (primary N) is 1. The van der Waals surface area contributed by atoms with E-state index >= 15 is 0 Å². The third-order valence-corrected chi connectivity index (χ3v) is 2.12. The summed E-state index contributed by atoms with van der Waals surface area (Å²) in [6.07, 6.45) is -7.96. The number of hydrogen-bond acceptors (Lipinski definition) is 3. The lowest BCUT2D eigenvalue weighted by Crippen LogP contribution is -2.16. The van der Waals surface area contributed by atoms with Crippen LogP contribution in [0, 0.1) is 0 Å². The van der Waals surface area contributed by atoms with Crippen molar-refractivity contribution in [3.63, 3.8) is 0 Å². The number of aliphatic hydroxyl groups is 1. The molecule has 0 spiro atoms. The van der Waals surface area contributed by atoms with Gasteiger partial charge in [-0.2, -0.15) is 13.2 Å². The summed E-state index contributed by atoms with van der Waals surface area (Å²) in [5.74, 6) is 0. The minimum absolute atomic E-state index is 0.232. The van der Waals surface area contributed by atoms with Crippen LogP contribution in [0.1, 0.15) is 28.9 Å². The minimum atomic E-state index is -4.83. The van der Waals surface area contributed by atoms with Crippen molar-refractivity contribution in [2.45, 2.75) is 25.8 Å². The molecule has 3 N–H and O–H groups in total. The van der Waals surface area contributed by atoms with Gasteiger partial charge in [-0.3, -0.25) is 0 Å². The predicted molar refractivity (Wildman–Crippen MR) is 48.0 cm³/mol. The maximum Gasteiger partial charge on any atom is 0.433 e. The van der Waals surface area contributed by atoms with Gasteiger partial charge in [-0.25, -0.2) is 13.8 Å². The summed E-state index contributed by atoms with van der Waals surface area (Å²) in [5.41, 5.74) is 2.06. The molecule has 0 aromatic carbocycles. The Balaban J connectivity index is 3.46. The normalized spacial score (nSPS) is 12.2. The van der Waals surface area contributed by atoms with Crippen LogP contribution >= 0.6 is 0 Å². The highest BCUT2D eigenvalue weighted by molar-refractivity contribution is 5.34. The average Bonchev–Trinajstić information content (AvgIpc) is 2.25. The molecule has 1 aromatic heterocycles. The zero-order valence-corrected chi connectivity index (χ0v) is 8.43. The number of aliphatic hydroxyl groups excluding tert-OH is 1. The molecule has 0 aliphatic carbocycles. The van der Waals surface area contributed by atoms with Crippen molar-refractivity contribution in [1.29, 1.82) is 0 Å². The Morgan fingerprint density at radius 1 is 1.35 bits per heavy atom. The maximum absolute atomic E-state index is 12.6. The molecule has 0 saturated heterocycles. The Hall–Kier alpha value is -1.28. The van der Waals surface area contributed by atoms with E-state index in [4.69, 9.17) is 10.8 Å². The zero-order chi connectivity index (χ0) is 13.2. The summed E-state index contributed by atoms with van der Waals surface area (Å²) >= 11 is 0. The van der Waals surface area contributed by atoms with E-state index in [-0.39, 0.29) is 17.3 Å². The summed E-state index contributed by atoms with van der Waals surface area (Å²) in [6, 6.07) is 0.232. The van der Waals surface area contributed by atoms with E-state index < -0.39 is 37.0 Å². The summed E-state index contributed by atoms with van der Waals surface area (Å²) in [5, 5.41) is 8.86. The van der Waals surface area contributed by atoms with Gasteiger partial charge in [0.15, 0.2) is 0 Å². The summed E-state index contributed by atoms with van der Waals surface area (Å²) in [6.45, 7) is -1.29. The van der Waals surface area contributed by atoms with Crippen LogP contribution in [0.25, 0.3) is 0 Å². The highest BCUT2D eigenvalue weighted by atomic mass is 19.4. The second-order valence-electron chi connectivity index (χ2n) is 3.18. The Bertz CT molecular complexity index is 405. The molecular weight excluding hydrogens is 247 g/mol. The molecule has 1 heterocycles. The molecule has 0 bridgehead atoms. The molecule has 8 heteroatoms. The topological polar surface area (TPSA) is 59.1 Å². The first-order chi connectivity index (χ1) is 7.81. The predicted octanol–water partition coefficient (Wildman–Crippen LogP) is 1.99. The van der Waals surface area contributed by atoms with Crippen molar-refractivity contribution in [1.82, 2.24) is 4.98 Å². The summed E-state index contributed by atoms with van der Waals surface area (Å²) in [7, 11) is 0. The lowest BCUT2D eigenvalue weighted by atomic mass is 10.1. The molecule has 0 saturated carbocycles. The van der Waals surface area contributed by atoms with E-state index in [9.17, 15) is 22.0 Å². The Morgan fingerprint density at radius 2 is 1.94 bits per heavy atom. The SMILES string of the molecule is NCc1nc(C(F)(F)F)cc(C(F)F)c1CO. The van der Waals surface area contributed by atoms with Crippen molar-refractivity contribution in [3.8, 4) is 0 Å². The van der Waals surface area contributed by atoms with Gasteiger partial charge in [-0.05, 0) is 6.07 Å². The van der Waals surface area contributed by atoms with Crippen LogP contribution in [0.3, 0.4) is 0 Å². The van der Waals surface area contributed by atoms with Crippen LogP contribution in [0.2, 0.25) is 0 Å². The number of halogens is 5. The minimum Gasteiger partial charge on any atom is -0.392 e. The second-order valence-corrected chi connectivity index (χ2v) is 3.18.